The molecule has 0 radical (unpaired) electrons. The van der Waals surface area contributed by atoms with E-state index in [9.17, 15) is 4.79 Å². The molecule has 2 heterocycles. The van der Waals surface area contributed by atoms with Crippen LogP contribution in [0.1, 0.15) is 43.2 Å². The molecule has 1 saturated heterocycles. The number of aromatic amines is 1. The Morgan fingerprint density at radius 3 is 2.70 bits per heavy atom. The number of H-pyrrole nitrogens is 1. The second-order valence-electron chi connectivity index (χ2n) is 5.48. The molecule has 2 N–H and O–H groups in total. The summed E-state index contributed by atoms with van der Waals surface area (Å²) < 4.78 is 0. The predicted octanol–water partition coefficient (Wildman–Crippen LogP) is 2.57. The van der Waals surface area contributed by atoms with E-state index in [4.69, 9.17) is 0 Å². The van der Waals surface area contributed by atoms with Crippen LogP contribution in [0.3, 0.4) is 0 Å². The van der Waals surface area contributed by atoms with E-state index < -0.39 is 0 Å². The van der Waals surface area contributed by atoms with Crippen molar-refractivity contribution in [3.05, 3.63) is 64.3 Å². The monoisotopic (exact) mass is 269 g/mol. The lowest BCUT2D eigenvalue weighted by atomic mass is 9.86. The molecular weight excluding hydrogens is 250 g/mol. The lowest BCUT2D eigenvalue weighted by Gasteiger charge is -2.35. The summed E-state index contributed by atoms with van der Waals surface area (Å²) in [5.41, 5.74) is 1.20. The summed E-state index contributed by atoms with van der Waals surface area (Å²) in [7, 11) is 0. The molecule has 0 aliphatic carbocycles. The van der Waals surface area contributed by atoms with Crippen LogP contribution in [-0.2, 0) is 0 Å². The number of rotatable bonds is 2. The molecule has 1 aliphatic heterocycles. The Labute approximate surface area is 118 Å². The smallest absolute Gasteiger partial charge is 0.250 e. The molecule has 0 amide bonds. The number of hydrogen-bond acceptors (Lipinski definition) is 3. The molecule has 3 atom stereocenters. The highest BCUT2D eigenvalue weighted by molar-refractivity contribution is 5.20. The fourth-order valence-corrected chi connectivity index (χ4v) is 2.90. The van der Waals surface area contributed by atoms with Crippen LogP contribution in [0.4, 0.5) is 0 Å². The van der Waals surface area contributed by atoms with E-state index in [-0.39, 0.29) is 11.6 Å². The Balaban J connectivity index is 1.85. The minimum absolute atomic E-state index is 0.0918. The van der Waals surface area contributed by atoms with Crippen LogP contribution in [0.15, 0.2) is 47.4 Å². The van der Waals surface area contributed by atoms with Gasteiger partial charge in [-0.05, 0) is 24.3 Å². The van der Waals surface area contributed by atoms with Crippen molar-refractivity contribution in [2.45, 2.75) is 31.8 Å². The van der Waals surface area contributed by atoms with Gasteiger partial charge in [0.25, 0.3) is 5.56 Å². The maximum Gasteiger partial charge on any atom is 0.250 e. The number of nitrogens with zero attached hydrogens (tertiary/aromatic N) is 1. The van der Waals surface area contributed by atoms with Gasteiger partial charge in [0.15, 0.2) is 0 Å². The third-order valence-corrected chi connectivity index (χ3v) is 4.05. The molecule has 1 aromatic carbocycles. The van der Waals surface area contributed by atoms with Crippen LogP contribution in [0.2, 0.25) is 0 Å². The molecule has 2 aromatic rings. The van der Waals surface area contributed by atoms with Crippen molar-refractivity contribution >= 4 is 0 Å². The van der Waals surface area contributed by atoms with Crippen molar-refractivity contribution in [3.63, 3.8) is 0 Å². The summed E-state index contributed by atoms with van der Waals surface area (Å²) in [6, 6.07) is 12.3. The van der Waals surface area contributed by atoms with E-state index in [1.165, 1.54) is 11.6 Å². The van der Waals surface area contributed by atoms with Gasteiger partial charge in [-0.25, -0.2) is 4.98 Å². The van der Waals surface area contributed by atoms with Gasteiger partial charge in [-0.15, -0.1) is 0 Å². The Bertz CT molecular complexity index is 623. The van der Waals surface area contributed by atoms with Gasteiger partial charge in [0.1, 0.15) is 5.82 Å². The number of hydrogen-bond donors (Lipinski definition) is 2. The fourth-order valence-electron chi connectivity index (χ4n) is 2.90. The van der Waals surface area contributed by atoms with Crippen molar-refractivity contribution in [2.24, 2.45) is 5.92 Å². The zero-order valence-electron chi connectivity index (χ0n) is 11.5. The summed E-state index contributed by atoms with van der Waals surface area (Å²) in [6.45, 7) is 2.20. The second-order valence-corrected chi connectivity index (χ2v) is 5.48. The fraction of sp³-hybridized carbons (Fsp3) is 0.375. The summed E-state index contributed by atoms with van der Waals surface area (Å²) in [5, 5.41) is 3.63. The molecule has 1 aromatic heterocycles. The van der Waals surface area contributed by atoms with Crippen LogP contribution in [0, 0.1) is 5.92 Å². The number of benzene rings is 1. The number of aromatic nitrogens is 2. The van der Waals surface area contributed by atoms with E-state index in [1.54, 1.807) is 6.20 Å². The Hall–Kier alpha value is -1.94. The van der Waals surface area contributed by atoms with Crippen LogP contribution in [0.5, 0.6) is 0 Å². The van der Waals surface area contributed by atoms with Gasteiger partial charge in [0.2, 0.25) is 0 Å². The van der Waals surface area contributed by atoms with Crippen LogP contribution in [-0.4, -0.2) is 9.97 Å². The zero-order chi connectivity index (χ0) is 13.9. The minimum Gasteiger partial charge on any atom is -0.309 e. The van der Waals surface area contributed by atoms with Gasteiger partial charge >= 0.3 is 0 Å². The van der Waals surface area contributed by atoms with E-state index in [2.05, 4.69) is 46.5 Å². The van der Waals surface area contributed by atoms with E-state index >= 15 is 0 Å². The van der Waals surface area contributed by atoms with Crippen LogP contribution >= 0.6 is 0 Å². The third-order valence-electron chi connectivity index (χ3n) is 4.05. The van der Waals surface area contributed by atoms with Gasteiger partial charge in [-0.1, -0.05) is 37.3 Å². The molecular formula is C16H19N3O. The highest BCUT2D eigenvalue weighted by Crippen LogP contribution is 2.34. The molecule has 0 saturated carbocycles. The first kappa shape index (κ1) is 13.1. The maximum absolute atomic E-state index is 11.5. The molecule has 3 unspecified atom stereocenters. The average molecular weight is 269 g/mol. The molecule has 3 rings (SSSR count). The molecule has 4 nitrogen and oxygen atoms in total. The van der Waals surface area contributed by atoms with Crippen LogP contribution < -0.4 is 10.9 Å². The highest BCUT2D eigenvalue weighted by atomic mass is 16.1. The largest absolute Gasteiger partial charge is 0.309 e. The van der Waals surface area contributed by atoms with Gasteiger partial charge in [0.05, 0.1) is 6.04 Å². The van der Waals surface area contributed by atoms with Crippen molar-refractivity contribution in [2.75, 3.05) is 0 Å². The van der Waals surface area contributed by atoms with E-state index in [0.717, 1.165) is 18.7 Å². The first-order chi connectivity index (χ1) is 9.74. The van der Waals surface area contributed by atoms with E-state index in [0.29, 0.717) is 12.0 Å². The normalized spacial score (nSPS) is 26.4. The van der Waals surface area contributed by atoms with Gasteiger partial charge in [-0.3, -0.25) is 4.79 Å². The lowest BCUT2D eigenvalue weighted by Crippen LogP contribution is -2.37. The SMILES string of the molecule is CC1CCC(c2ccccc2)NC1c1nccc(=O)[nH]1. The Kier molecular flexibility index (Phi) is 3.65. The standard InChI is InChI=1S/C16H19N3O/c1-11-7-8-13(12-5-3-2-4-6-12)18-15(11)16-17-10-9-14(20)19-16/h2-6,9-11,13,15,18H,7-8H2,1H3,(H,17,19,20). The quantitative estimate of drug-likeness (QED) is 0.881. The average Bonchev–Trinajstić information content (AvgIpc) is 2.48. The molecule has 0 spiro atoms. The Morgan fingerprint density at radius 2 is 1.95 bits per heavy atom. The van der Waals surface area contributed by atoms with Crippen molar-refractivity contribution in [3.8, 4) is 0 Å². The predicted molar refractivity (Wildman–Crippen MR) is 78.3 cm³/mol. The van der Waals surface area contributed by atoms with Gasteiger partial charge in [-0.2, -0.15) is 0 Å². The highest BCUT2D eigenvalue weighted by Gasteiger charge is 2.30. The molecule has 104 valence electrons. The molecule has 4 heteroatoms. The maximum atomic E-state index is 11.5. The van der Waals surface area contributed by atoms with E-state index in [1.807, 2.05) is 6.07 Å². The topological polar surface area (TPSA) is 57.8 Å². The number of piperidine rings is 1. The molecule has 1 aliphatic rings. The van der Waals surface area contributed by atoms with Crippen LogP contribution in [0.25, 0.3) is 0 Å². The lowest BCUT2D eigenvalue weighted by molar-refractivity contribution is 0.240. The third kappa shape index (κ3) is 2.65. The summed E-state index contributed by atoms with van der Waals surface area (Å²) in [5.74, 6) is 1.20. The zero-order valence-corrected chi connectivity index (χ0v) is 11.5. The first-order valence-electron chi connectivity index (χ1n) is 7.10. The van der Waals surface area contributed by atoms with Crippen molar-refractivity contribution < 1.29 is 0 Å². The molecule has 1 fully saturated rings. The summed E-state index contributed by atoms with van der Waals surface area (Å²) in [4.78, 5) is 18.6. The van der Waals surface area contributed by atoms with Gasteiger partial charge in [0, 0.05) is 18.3 Å². The van der Waals surface area contributed by atoms with Crippen molar-refractivity contribution in [1.29, 1.82) is 0 Å². The molecule has 20 heavy (non-hydrogen) atoms. The van der Waals surface area contributed by atoms with Gasteiger partial charge < -0.3 is 10.3 Å². The summed E-state index contributed by atoms with van der Waals surface area (Å²) >= 11 is 0. The minimum atomic E-state index is -0.0918. The molecule has 0 bridgehead atoms. The Morgan fingerprint density at radius 1 is 1.15 bits per heavy atom. The first-order valence-corrected chi connectivity index (χ1v) is 7.10. The number of nitrogens with one attached hydrogen (secondary N) is 2. The summed E-state index contributed by atoms with van der Waals surface area (Å²) in [6.07, 6.45) is 3.81. The van der Waals surface area contributed by atoms with Crippen molar-refractivity contribution in [1.82, 2.24) is 15.3 Å². The second kappa shape index (κ2) is 5.59.